The van der Waals surface area contributed by atoms with Gasteiger partial charge in [-0.15, -0.1) is 0 Å². The lowest BCUT2D eigenvalue weighted by Gasteiger charge is -2.20. The Bertz CT molecular complexity index is 163. The molecule has 0 amide bonds. The Labute approximate surface area is 75.7 Å². The van der Waals surface area contributed by atoms with Crippen LogP contribution in [0.4, 0.5) is 0 Å². The van der Waals surface area contributed by atoms with Gasteiger partial charge in [-0.05, 0) is 39.2 Å². The van der Waals surface area contributed by atoms with Crippen LogP contribution >= 0.6 is 0 Å². The molecule has 0 aliphatic heterocycles. The molecule has 1 saturated carbocycles. The van der Waals surface area contributed by atoms with E-state index in [1.807, 2.05) is 7.05 Å². The predicted octanol–water partition coefficient (Wildman–Crippen LogP) is 1.66. The molecule has 0 aromatic heterocycles. The monoisotopic (exact) mass is 168 g/mol. The number of rotatable bonds is 4. The van der Waals surface area contributed by atoms with Gasteiger partial charge < -0.3 is 9.89 Å². The first-order chi connectivity index (χ1) is 5.65. The van der Waals surface area contributed by atoms with Crippen molar-refractivity contribution >= 4 is 6.21 Å². The zero-order chi connectivity index (χ0) is 9.14. The molecule has 2 nitrogen and oxygen atoms in total. The lowest BCUT2D eigenvalue weighted by atomic mass is 10.2. The van der Waals surface area contributed by atoms with E-state index in [1.165, 1.54) is 13.0 Å². The number of hydrogen-bond acceptors (Lipinski definition) is 2. The van der Waals surface area contributed by atoms with Gasteiger partial charge in [0.2, 0.25) is 0 Å². The molecule has 1 unspecified atom stereocenters. The Hall–Kier alpha value is -0.370. The first-order valence-corrected chi connectivity index (χ1v) is 4.77. The van der Waals surface area contributed by atoms with Crippen molar-refractivity contribution in [3.63, 3.8) is 0 Å². The van der Waals surface area contributed by atoms with Gasteiger partial charge in [-0.3, -0.25) is 0 Å². The third kappa shape index (κ3) is 2.59. The third-order valence-corrected chi connectivity index (χ3v) is 2.72. The first-order valence-electron chi connectivity index (χ1n) is 4.77. The maximum absolute atomic E-state index is 4.06. The largest absolute Gasteiger partial charge is 0.304 e. The molecule has 1 aliphatic carbocycles. The Morgan fingerprint density at radius 1 is 1.58 bits per heavy atom. The highest BCUT2D eigenvalue weighted by Crippen LogP contribution is 2.37. The Balaban J connectivity index is 2.18. The lowest BCUT2D eigenvalue weighted by molar-refractivity contribution is 0.261. The van der Waals surface area contributed by atoms with Crippen LogP contribution in [0.5, 0.6) is 0 Å². The molecule has 12 heavy (non-hydrogen) atoms. The average Bonchev–Trinajstić information content (AvgIpc) is 2.68. The van der Waals surface area contributed by atoms with Crippen molar-refractivity contribution in [2.45, 2.75) is 26.3 Å². The Morgan fingerprint density at radius 3 is 2.75 bits per heavy atom. The van der Waals surface area contributed by atoms with E-state index in [4.69, 9.17) is 0 Å². The highest BCUT2D eigenvalue weighted by Gasteiger charge is 2.36. The highest BCUT2D eigenvalue weighted by atomic mass is 15.1. The average molecular weight is 168 g/mol. The van der Waals surface area contributed by atoms with Crippen molar-refractivity contribution in [3.05, 3.63) is 0 Å². The molecule has 0 saturated heterocycles. The predicted molar refractivity (Wildman–Crippen MR) is 53.8 cm³/mol. The molecule has 1 aliphatic rings. The minimum atomic E-state index is 0.671. The zero-order valence-corrected chi connectivity index (χ0v) is 8.62. The summed E-state index contributed by atoms with van der Waals surface area (Å²) in [4.78, 5) is 6.47. The summed E-state index contributed by atoms with van der Waals surface area (Å²) in [5, 5.41) is 0. The second-order valence-electron chi connectivity index (χ2n) is 4.10. The van der Waals surface area contributed by atoms with Crippen LogP contribution in [0, 0.1) is 11.8 Å². The van der Waals surface area contributed by atoms with Crippen molar-refractivity contribution in [2.24, 2.45) is 16.8 Å². The second kappa shape index (κ2) is 4.04. The molecular weight excluding hydrogens is 148 g/mol. The fraction of sp³-hybridized carbons (Fsp3) is 0.900. The minimum absolute atomic E-state index is 0.671. The van der Waals surface area contributed by atoms with Gasteiger partial charge in [0.05, 0.1) is 0 Å². The molecule has 1 rings (SSSR count). The molecule has 2 heteroatoms. The SMILES string of the molecule is CN=CC1C[C@@H]1CN(C)C(C)C. The zero-order valence-electron chi connectivity index (χ0n) is 8.62. The summed E-state index contributed by atoms with van der Waals surface area (Å²) in [6.45, 7) is 5.71. The minimum Gasteiger partial charge on any atom is -0.304 e. The molecular formula is C10H20N2. The van der Waals surface area contributed by atoms with Gasteiger partial charge in [0.1, 0.15) is 0 Å². The van der Waals surface area contributed by atoms with Gasteiger partial charge in [0.15, 0.2) is 0 Å². The molecule has 0 bridgehead atoms. The third-order valence-electron chi connectivity index (χ3n) is 2.72. The van der Waals surface area contributed by atoms with Crippen LogP contribution in [0.3, 0.4) is 0 Å². The molecule has 0 N–H and O–H groups in total. The van der Waals surface area contributed by atoms with Crippen molar-refractivity contribution in [3.8, 4) is 0 Å². The second-order valence-corrected chi connectivity index (χ2v) is 4.10. The standard InChI is InChI=1S/C10H20N2/c1-8(2)12(4)7-10-5-9(10)6-11-3/h6,8-10H,5,7H2,1-4H3/t9?,10-/m1/s1. The van der Waals surface area contributed by atoms with E-state index in [0.717, 1.165) is 11.8 Å². The molecule has 0 spiro atoms. The number of nitrogens with zero attached hydrogens (tertiary/aromatic N) is 2. The molecule has 0 aromatic rings. The van der Waals surface area contributed by atoms with E-state index >= 15 is 0 Å². The van der Waals surface area contributed by atoms with E-state index in [1.54, 1.807) is 0 Å². The summed E-state index contributed by atoms with van der Waals surface area (Å²) in [6, 6.07) is 0.671. The molecule has 1 fully saturated rings. The van der Waals surface area contributed by atoms with Gasteiger partial charge in [-0.2, -0.15) is 0 Å². The summed E-state index contributed by atoms with van der Waals surface area (Å²) in [5.74, 6) is 1.65. The van der Waals surface area contributed by atoms with Crippen LogP contribution < -0.4 is 0 Å². The van der Waals surface area contributed by atoms with Crippen LogP contribution in [0.25, 0.3) is 0 Å². The topological polar surface area (TPSA) is 15.6 Å². The van der Waals surface area contributed by atoms with Crippen molar-refractivity contribution < 1.29 is 0 Å². The molecule has 0 heterocycles. The van der Waals surface area contributed by atoms with E-state index in [0.29, 0.717) is 6.04 Å². The fourth-order valence-electron chi connectivity index (χ4n) is 1.44. The summed E-state index contributed by atoms with van der Waals surface area (Å²) >= 11 is 0. The number of hydrogen-bond donors (Lipinski definition) is 0. The Morgan fingerprint density at radius 2 is 2.25 bits per heavy atom. The van der Waals surface area contributed by atoms with E-state index in [9.17, 15) is 0 Å². The van der Waals surface area contributed by atoms with Crippen LogP contribution in [0.15, 0.2) is 4.99 Å². The van der Waals surface area contributed by atoms with Crippen LogP contribution in [-0.2, 0) is 0 Å². The summed E-state index contributed by atoms with van der Waals surface area (Å²) in [6.07, 6.45) is 3.44. The maximum Gasteiger partial charge on any atom is 0.0273 e. The summed E-state index contributed by atoms with van der Waals surface area (Å²) in [5.41, 5.74) is 0. The normalized spacial score (nSPS) is 29.2. The van der Waals surface area contributed by atoms with Crippen LogP contribution in [-0.4, -0.2) is 37.8 Å². The molecule has 0 radical (unpaired) electrons. The number of aliphatic imine (C=N–C) groups is 1. The van der Waals surface area contributed by atoms with Crippen LogP contribution in [0.1, 0.15) is 20.3 Å². The summed E-state index contributed by atoms with van der Waals surface area (Å²) < 4.78 is 0. The smallest absolute Gasteiger partial charge is 0.0273 e. The van der Waals surface area contributed by atoms with E-state index in [-0.39, 0.29) is 0 Å². The molecule has 2 atom stereocenters. The summed E-state index contributed by atoms with van der Waals surface area (Å²) in [7, 11) is 4.06. The van der Waals surface area contributed by atoms with Crippen LogP contribution in [0.2, 0.25) is 0 Å². The highest BCUT2D eigenvalue weighted by molar-refractivity contribution is 5.64. The lowest BCUT2D eigenvalue weighted by Crippen LogP contribution is -2.28. The Kier molecular flexibility index (Phi) is 3.27. The van der Waals surface area contributed by atoms with Gasteiger partial charge >= 0.3 is 0 Å². The maximum atomic E-state index is 4.06. The van der Waals surface area contributed by atoms with Crippen molar-refractivity contribution in [2.75, 3.05) is 20.6 Å². The molecule has 70 valence electrons. The fourth-order valence-corrected chi connectivity index (χ4v) is 1.44. The van der Waals surface area contributed by atoms with Gasteiger partial charge in [-0.1, -0.05) is 0 Å². The van der Waals surface area contributed by atoms with Crippen molar-refractivity contribution in [1.29, 1.82) is 0 Å². The quantitative estimate of drug-likeness (QED) is 0.583. The van der Waals surface area contributed by atoms with E-state index in [2.05, 4.69) is 37.0 Å². The van der Waals surface area contributed by atoms with Gasteiger partial charge in [-0.25, -0.2) is 0 Å². The molecule has 0 aromatic carbocycles. The van der Waals surface area contributed by atoms with Gasteiger partial charge in [0.25, 0.3) is 0 Å². The van der Waals surface area contributed by atoms with Gasteiger partial charge in [0, 0.05) is 25.8 Å². The van der Waals surface area contributed by atoms with E-state index < -0.39 is 0 Å². The first kappa shape index (κ1) is 9.72. The van der Waals surface area contributed by atoms with Crippen molar-refractivity contribution in [1.82, 2.24) is 4.90 Å².